The number of benzene rings is 1. The van der Waals surface area contributed by atoms with Crippen molar-refractivity contribution in [3.8, 4) is 5.75 Å². The van der Waals surface area contributed by atoms with Crippen LogP contribution in [-0.2, 0) is 24.3 Å². The van der Waals surface area contributed by atoms with Crippen molar-refractivity contribution in [3.05, 3.63) is 47.3 Å². The number of rotatable bonds is 6. The Bertz CT molecular complexity index is 811. The number of ether oxygens (including phenoxy) is 1. The number of hydrogen-bond donors (Lipinski definition) is 1. The van der Waals surface area contributed by atoms with Crippen molar-refractivity contribution in [2.75, 3.05) is 6.54 Å². The van der Waals surface area contributed by atoms with Crippen molar-refractivity contribution in [2.45, 2.75) is 52.3 Å². The van der Waals surface area contributed by atoms with Crippen molar-refractivity contribution in [2.24, 2.45) is 0 Å². The van der Waals surface area contributed by atoms with Crippen molar-refractivity contribution in [1.82, 2.24) is 14.7 Å². The summed E-state index contributed by atoms with van der Waals surface area (Å²) >= 11 is 0. The van der Waals surface area contributed by atoms with Crippen LogP contribution in [0.5, 0.6) is 5.75 Å². The average Bonchev–Trinajstić information content (AvgIpc) is 2.90. The Morgan fingerprint density at radius 2 is 1.96 bits per heavy atom. The minimum atomic E-state index is -0.833. The highest BCUT2D eigenvalue weighted by atomic mass is 16.5. The van der Waals surface area contributed by atoms with Gasteiger partial charge in [0.2, 0.25) is 0 Å². The van der Waals surface area contributed by atoms with Crippen LogP contribution in [0.15, 0.2) is 30.3 Å². The Labute approximate surface area is 158 Å². The predicted molar refractivity (Wildman–Crippen MR) is 99.7 cm³/mol. The first-order chi connectivity index (χ1) is 12.9. The minimum Gasteiger partial charge on any atom is -0.491 e. The number of carboxylic acids is 1. The second-order valence-corrected chi connectivity index (χ2v) is 7.02. The van der Waals surface area contributed by atoms with E-state index < -0.39 is 5.97 Å². The third-order valence-corrected chi connectivity index (χ3v) is 4.42. The number of aliphatic carboxylic acids is 1. The quantitative estimate of drug-likeness (QED) is 0.844. The zero-order valence-electron chi connectivity index (χ0n) is 15.7. The molecule has 144 valence electrons. The molecule has 0 saturated carbocycles. The summed E-state index contributed by atoms with van der Waals surface area (Å²) in [5, 5.41) is 13.3. The molecule has 1 aliphatic rings. The molecule has 7 nitrogen and oxygen atoms in total. The maximum Gasteiger partial charge on any atom is 0.303 e. The fourth-order valence-electron chi connectivity index (χ4n) is 3.18. The van der Waals surface area contributed by atoms with Crippen molar-refractivity contribution in [3.63, 3.8) is 0 Å². The summed E-state index contributed by atoms with van der Waals surface area (Å²) in [6.45, 7) is 5.79. The molecular formula is C20H25N3O4. The van der Waals surface area contributed by atoms with Crippen LogP contribution in [0.4, 0.5) is 0 Å². The maximum atomic E-state index is 12.9. The molecule has 2 heterocycles. The van der Waals surface area contributed by atoms with E-state index in [0.717, 1.165) is 30.1 Å². The molecule has 0 spiro atoms. The molecule has 2 aromatic rings. The monoisotopic (exact) mass is 371 g/mol. The summed E-state index contributed by atoms with van der Waals surface area (Å²) in [6, 6.07) is 9.13. The summed E-state index contributed by atoms with van der Waals surface area (Å²) in [5.41, 5.74) is 2.34. The smallest absolute Gasteiger partial charge is 0.303 e. The molecule has 0 fully saturated rings. The van der Waals surface area contributed by atoms with Crippen molar-refractivity contribution < 1.29 is 19.4 Å². The first kappa shape index (κ1) is 18.9. The van der Waals surface area contributed by atoms with E-state index in [4.69, 9.17) is 9.84 Å². The maximum absolute atomic E-state index is 12.9. The first-order valence-corrected chi connectivity index (χ1v) is 9.26. The topological polar surface area (TPSA) is 84.7 Å². The molecule has 0 aliphatic carbocycles. The summed E-state index contributed by atoms with van der Waals surface area (Å²) in [4.78, 5) is 25.5. The molecule has 7 heteroatoms. The van der Waals surface area contributed by atoms with Gasteiger partial charge in [-0.25, -0.2) is 0 Å². The first-order valence-electron chi connectivity index (χ1n) is 9.26. The van der Waals surface area contributed by atoms with Gasteiger partial charge in [0.15, 0.2) is 0 Å². The highest BCUT2D eigenvalue weighted by Gasteiger charge is 2.22. The lowest BCUT2D eigenvalue weighted by atomic mass is 10.1. The van der Waals surface area contributed by atoms with Crippen LogP contribution >= 0.6 is 0 Å². The van der Waals surface area contributed by atoms with Crippen LogP contribution < -0.4 is 4.74 Å². The molecule has 0 atom stereocenters. The zero-order chi connectivity index (χ0) is 19.4. The highest BCUT2D eigenvalue weighted by molar-refractivity contribution is 5.94. The second-order valence-electron chi connectivity index (χ2n) is 7.02. The number of carbonyl (C=O) groups excluding carboxylic acids is 1. The molecule has 3 rings (SSSR count). The fourth-order valence-corrected chi connectivity index (χ4v) is 3.18. The number of amides is 1. The van der Waals surface area contributed by atoms with Gasteiger partial charge in [0.25, 0.3) is 5.91 Å². The van der Waals surface area contributed by atoms with Gasteiger partial charge in [0.1, 0.15) is 5.75 Å². The largest absolute Gasteiger partial charge is 0.491 e. The predicted octanol–water partition coefficient (Wildman–Crippen LogP) is 2.73. The van der Waals surface area contributed by atoms with Crippen molar-refractivity contribution in [1.29, 1.82) is 0 Å². The molecule has 27 heavy (non-hydrogen) atoms. The van der Waals surface area contributed by atoms with Crippen LogP contribution in [-0.4, -0.2) is 44.3 Å². The molecule has 0 unspecified atom stereocenters. The number of aromatic nitrogens is 2. The fraction of sp³-hybridized carbons (Fsp3) is 0.450. The normalized spacial score (nSPS) is 14.0. The van der Waals surface area contributed by atoms with Gasteiger partial charge < -0.3 is 14.7 Å². The van der Waals surface area contributed by atoms with Crippen LogP contribution in [0.2, 0.25) is 0 Å². The highest BCUT2D eigenvalue weighted by Crippen LogP contribution is 2.19. The van der Waals surface area contributed by atoms with E-state index in [1.165, 1.54) is 0 Å². The van der Waals surface area contributed by atoms with Crippen LogP contribution in [0.3, 0.4) is 0 Å². The van der Waals surface area contributed by atoms with E-state index in [-0.39, 0.29) is 18.4 Å². The number of carbonyl (C=O) groups is 2. The van der Waals surface area contributed by atoms with Crippen LogP contribution in [0.25, 0.3) is 0 Å². The molecule has 1 aliphatic heterocycles. The molecule has 1 amide bonds. The SMILES string of the molecule is CC(C)Oc1ccc(C(=O)N2CCCn3nc(CCC(=O)O)cc3C2)cc1. The number of nitrogens with zero attached hydrogens (tertiary/aromatic N) is 3. The lowest BCUT2D eigenvalue weighted by molar-refractivity contribution is -0.136. The number of aryl methyl sites for hydroxylation is 2. The van der Waals surface area contributed by atoms with Crippen LogP contribution in [0, 0.1) is 0 Å². The number of hydrogen-bond acceptors (Lipinski definition) is 4. The van der Waals surface area contributed by atoms with Crippen LogP contribution in [0.1, 0.15) is 48.4 Å². The molecule has 0 saturated heterocycles. The van der Waals surface area contributed by atoms with Gasteiger partial charge in [-0.1, -0.05) is 0 Å². The van der Waals surface area contributed by atoms with E-state index >= 15 is 0 Å². The summed E-state index contributed by atoms with van der Waals surface area (Å²) < 4.78 is 7.52. The summed E-state index contributed by atoms with van der Waals surface area (Å²) in [5.74, 6) is -0.105. The Hall–Kier alpha value is -2.83. The third kappa shape index (κ3) is 4.87. The Balaban J connectivity index is 1.70. The number of carboxylic acid groups (broad SMARTS) is 1. The Morgan fingerprint density at radius 3 is 2.63 bits per heavy atom. The Morgan fingerprint density at radius 1 is 1.22 bits per heavy atom. The summed E-state index contributed by atoms with van der Waals surface area (Å²) in [7, 11) is 0. The summed E-state index contributed by atoms with van der Waals surface area (Å²) in [6.07, 6.45) is 1.37. The molecule has 1 aromatic heterocycles. The van der Waals surface area contributed by atoms with E-state index in [2.05, 4.69) is 5.10 Å². The second kappa shape index (κ2) is 8.24. The lowest BCUT2D eigenvalue weighted by Crippen LogP contribution is -2.30. The molecule has 1 aromatic carbocycles. The molecular weight excluding hydrogens is 346 g/mol. The van der Waals surface area contributed by atoms with E-state index in [1.54, 1.807) is 12.1 Å². The van der Waals surface area contributed by atoms with Gasteiger partial charge in [0.05, 0.1) is 30.5 Å². The lowest BCUT2D eigenvalue weighted by Gasteiger charge is -2.20. The van der Waals surface area contributed by atoms with E-state index in [9.17, 15) is 9.59 Å². The van der Waals surface area contributed by atoms with E-state index in [0.29, 0.717) is 25.1 Å². The van der Waals surface area contributed by atoms with Gasteiger partial charge in [-0.3, -0.25) is 14.3 Å². The van der Waals surface area contributed by atoms with Gasteiger partial charge in [-0.15, -0.1) is 0 Å². The number of fused-ring (bicyclic) bond motifs is 1. The minimum absolute atomic E-state index is 0.0205. The average molecular weight is 371 g/mol. The zero-order valence-corrected chi connectivity index (χ0v) is 15.7. The molecule has 0 bridgehead atoms. The van der Waals surface area contributed by atoms with Crippen molar-refractivity contribution >= 4 is 11.9 Å². The van der Waals surface area contributed by atoms with Gasteiger partial charge in [0, 0.05) is 25.1 Å². The van der Waals surface area contributed by atoms with Gasteiger partial charge >= 0.3 is 5.97 Å². The molecule has 1 N–H and O–H groups in total. The van der Waals surface area contributed by atoms with Gasteiger partial charge in [-0.05, 0) is 50.6 Å². The van der Waals surface area contributed by atoms with E-state index in [1.807, 2.05) is 41.6 Å². The molecule has 0 radical (unpaired) electrons. The third-order valence-electron chi connectivity index (χ3n) is 4.42. The standard InChI is InChI=1S/C20H25N3O4/c1-14(2)27-18-7-4-15(5-8-18)20(26)22-10-3-11-23-17(13-22)12-16(21-23)6-9-19(24)25/h4-5,7-8,12,14H,3,6,9-11,13H2,1-2H3,(H,24,25). The van der Waals surface area contributed by atoms with Gasteiger partial charge in [-0.2, -0.15) is 5.10 Å². The Kier molecular flexibility index (Phi) is 5.78.